The molecule has 1 aliphatic heterocycles. The van der Waals surface area contributed by atoms with Gasteiger partial charge in [0.05, 0.1) is 19.2 Å². The number of nitrogens with one attached hydrogen (secondary N) is 1. The Kier molecular flexibility index (Phi) is 6.96. The highest BCUT2D eigenvalue weighted by Crippen LogP contribution is 2.30. The molecule has 4 amide bonds. The summed E-state index contributed by atoms with van der Waals surface area (Å²) in [5.41, 5.74) is 0.974. The van der Waals surface area contributed by atoms with Gasteiger partial charge in [0.1, 0.15) is 11.8 Å². The Morgan fingerprint density at radius 1 is 1.12 bits per heavy atom. The lowest BCUT2D eigenvalue weighted by atomic mass is 10.1. The molecule has 33 heavy (non-hydrogen) atoms. The van der Waals surface area contributed by atoms with Gasteiger partial charge in [-0.2, -0.15) is 0 Å². The number of anilines is 2. The number of thiophene rings is 1. The fourth-order valence-corrected chi connectivity index (χ4v) is 4.51. The molecule has 0 bridgehead atoms. The van der Waals surface area contributed by atoms with Gasteiger partial charge in [0.25, 0.3) is 5.91 Å². The molecule has 2 aromatic carbocycles. The fourth-order valence-electron chi connectivity index (χ4n) is 3.68. The average Bonchev–Trinajstić information content (AvgIpc) is 3.41. The van der Waals surface area contributed by atoms with Crippen LogP contribution in [0, 0.1) is 0 Å². The van der Waals surface area contributed by atoms with Gasteiger partial charge in [0.15, 0.2) is 0 Å². The minimum absolute atomic E-state index is 0.155. The third-order valence-corrected chi connectivity index (χ3v) is 6.50. The second-order valence-corrected chi connectivity index (χ2v) is 8.92. The van der Waals surface area contributed by atoms with E-state index in [0.29, 0.717) is 35.1 Å². The Hall–Kier alpha value is -3.36. The predicted octanol–water partition coefficient (Wildman–Crippen LogP) is 4.82. The molecule has 1 fully saturated rings. The zero-order valence-electron chi connectivity index (χ0n) is 17.9. The standard InChI is InChI=1S/C24H22ClN3O4S/c1-32-19-5-2-4-18(14-19)28-23(30)21(15-22(29)26-17-9-7-16(25)8-10-17)27(24(28)31)12-11-20-6-3-13-33-20/h2-10,13-14,21H,11-12,15H2,1H3,(H,26,29)/t21-/m0/s1. The van der Waals surface area contributed by atoms with E-state index < -0.39 is 18.0 Å². The summed E-state index contributed by atoms with van der Waals surface area (Å²) in [6.45, 7) is 0.324. The lowest BCUT2D eigenvalue weighted by molar-refractivity contribution is -0.124. The molecular formula is C24H22ClN3O4S. The van der Waals surface area contributed by atoms with Gasteiger partial charge in [-0.3, -0.25) is 9.59 Å². The number of benzene rings is 2. The summed E-state index contributed by atoms with van der Waals surface area (Å²) in [5, 5.41) is 5.29. The molecule has 7 nitrogen and oxygen atoms in total. The molecule has 0 unspecified atom stereocenters. The minimum Gasteiger partial charge on any atom is -0.497 e. The van der Waals surface area contributed by atoms with Crippen LogP contribution in [0.15, 0.2) is 66.0 Å². The van der Waals surface area contributed by atoms with E-state index in [9.17, 15) is 14.4 Å². The molecule has 170 valence electrons. The van der Waals surface area contributed by atoms with Crippen molar-refractivity contribution in [1.82, 2.24) is 4.90 Å². The molecule has 1 saturated heterocycles. The van der Waals surface area contributed by atoms with Crippen LogP contribution < -0.4 is 15.0 Å². The number of urea groups is 1. The van der Waals surface area contributed by atoms with E-state index in [-0.39, 0.29) is 12.3 Å². The predicted molar refractivity (Wildman–Crippen MR) is 129 cm³/mol. The number of methoxy groups -OCH3 is 1. The summed E-state index contributed by atoms with van der Waals surface area (Å²) >= 11 is 7.48. The van der Waals surface area contributed by atoms with Gasteiger partial charge in [-0.25, -0.2) is 9.69 Å². The zero-order valence-corrected chi connectivity index (χ0v) is 19.4. The van der Waals surface area contributed by atoms with Crippen LogP contribution in [-0.2, 0) is 16.0 Å². The number of imide groups is 1. The zero-order chi connectivity index (χ0) is 23.4. The first-order valence-electron chi connectivity index (χ1n) is 10.3. The number of rotatable bonds is 8. The molecule has 1 atom stereocenters. The molecule has 2 heterocycles. The van der Waals surface area contributed by atoms with E-state index in [2.05, 4.69) is 5.32 Å². The third-order valence-electron chi connectivity index (χ3n) is 5.32. The SMILES string of the molecule is COc1cccc(N2C(=O)[C@H](CC(=O)Nc3ccc(Cl)cc3)N(CCc3cccs3)C2=O)c1. The van der Waals surface area contributed by atoms with Crippen molar-refractivity contribution in [2.75, 3.05) is 23.9 Å². The monoisotopic (exact) mass is 483 g/mol. The van der Waals surface area contributed by atoms with Gasteiger partial charge >= 0.3 is 6.03 Å². The first-order valence-corrected chi connectivity index (χ1v) is 11.6. The molecular weight excluding hydrogens is 462 g/mol. The Morgan fingerprint density at radius 2 is 1.91 bits per heavy atom. The maximum absolute atomic E-state index is 13.3. The van der Waals surface area contributed by atoms with Gasteiger partial charge in [-0.1, -0.05) is 23.7 Å². The van der Waals surface area contributed by atoms with Crippen LogP contribution in [0.2, 0.25) is 5.02 Å². The van der Waals surface area contributed by atoms with E-state index in [0.717, 1.165) is 9.78 Å². The fraction of sp³-hybridized carbons (Fsp3) is 0.208. The molecule has 9 heteroatoms. The number of hydrogen-bond acceptors (Lipinski definition) is 5. The average molecular weight is 484 g/mol. The molecule has 0 aliphatic carbocycles. The smallest absolute Gasteiger partial charge is 0.332 e. The van der Waals surface area contributed by atoms with Crippen molar-refractivity contribution in [3.8, 4) is 5.75 Å². The van der Waals surface area contributed by atoms with Gasteiger partial charge < -0.3 is 15.0 Å². The second-order valence-electron chi connectivity index (χ2n) is 7.46. The van der Waals surface area contributed by atoms with Crippen molar-refractivity contribution >= 4 is 52.2 Å². The third kappa shape index (κ3) is 5.18. The number of hydrogen-bond donors (Lipinski definition) is 1. The molecule has 3 aromatic rings. The van der Waals surface area contributed by atoms with Crippen LogP contribution in [-0.4, -0.2) is 42.4 Å². The van der Waals surface area contributed by atoms with E-state index in [1.54, 1.807) is 59.9 Å². The van der Waals surface area contributed by atoms with Gasteiger partial charge in [0.2, 0.25) is 5.91 Å². The maximum Gasteiger partial charge on any atom is 0.332 e. The summed E-state index contributed by atoms with van der Waals surface area (Å²) in [6, 6.07) is 16.0. The normalized spacial score (nSPS) is 15.8. The molecule has 4 rings (SSSR count). The lowest BCUT2D eigenvalue weighted by Crippen LogP contribution is -2.39. The molecule has 1 aromatic heterocycles. The van der Waals surface area contributed by atoms with Crippen molar-refractivity contribution in [2.24, 2.45) is 0 Å². The highest BCUT2D eigenvalue weighted by Gasteiger charge is 2.46. The number of halogens is 1. The Bertz CT molecular complexity index is 1150. The molecule has 1 N–H and O–H groups in total. The van der Waals surface area contributed by atoms with Crippen molar-refractivity contribution in [2.45, 2.75) is 18.9 Å². The quantitative estimate of drug-likeness (QED) is 0.466. The number of amides is 4. The van der Waals surface area contributed by atoms with Crippen LogP contribution in [0.3, 0.4) is 0 Å². The Morgan fingerprint density at radius 3 is 2.61 bits per heavy atom. The van der Waals surface area contributed by atoms with Crippen molar-refractivity contribution in [3.63, 3.8) is 0 Å². The van der Waals surface area contributed by atoms with Crippen LogP contribution in [0.4, 0.5) is 16.2 Å². The number of ether oxygens (including phenoxy) is 1. The van der Waals surface area contributed by atoms with Crippen LogP contribution in [0.5, 0.6) is 5.75 Å². The van der Waals surface area contributed by atoms with Crippen molar-refractivity contribution in [3.05, 3.63) is 75.9 Å². The second kappa shape index (κ2) is 10.1. The van der Waals surface area contributed by atoms with E-state index in [1.807, 2.05) is 17.5 Å². The minimum atomic E-state index is -0.907. The highest BCUT2D eigenvalue weighted by atomic mass is 35.5. The topological polar surface area (TPSA) is 79.0 Å². The first kappa shape index (κ1) is 22.8. The lowest BCUT2D eigenvalue weighted by Gasteiger charge is -2.21. The summed E-state index contributed by atoms with van der Waals surface area (Å²) in [7, 11) is 1.52. The highest BCUT2D eigenvalue weighted by molar-refractivity contribution is 7.09. The summed E-state index contributed by atoms with van der Waals surface area (Å²) < 4.78 is 5.24. The van der Waals surface area contributed by atoms with Crippen molar-refractivity contribution < 1.29 is 19.1 Å². The molecule has 0 saturated carbocycles. The van der Waals surface area contributed by atoms with Crippen LogP contribution >= 0.6 is 22.9 Å². The van der Waals surface area contributed by atoms with Gasteiger partial charge in [-0.15, -0.1) is 11.3 Å². The Balaban J connectivity index is 1.56. The number of carbonyl (C=O) groups excluding carboxylic acids is 3. The Labute approximate surface area is 200 Å². The van der Waals surface area contributed by atoms with E-state index >= 15 is 0 Å². The number of nitrogens with zero attached hydrogens (tertiary/aromatic N) is 2. The van der Waals surface area contributed by atoms with Crippen molar-refractivity contribution in [1.29, 1.82) is 0 Å². The molecule has 0 spiro atoms. The largest absolute Gasteiger partial charge is 0.497 e. The number of carbonyl (C=O) groups is 3. The summed E-state index contributed by atoms with van der Waals surface area (Å²) in [5.74, 6) is -0.273. The summed E-state index contributed by atoms with van der Waals surface area (Å²) in [6.07, 6.45) is 0.441. The maximum atomic E-state index is 13.3. The molecule has 1 aliphatic rings. The van der Waals surface area contributed by atoms with E-state index in [4.69, 9.17) is 16.3 Å². The summed E-state index contributed by atoms with van der Waals surface area (Å²) in [4.78, 5) is 43.1. The van der Waals surface area contributed by atoms with Gasteiger partial charge in [0, 0.05) is 28.2 Å². The van der Waals surface area contributed by atoms with Gasteiger partial charge in [-0.05, 0) is 54.3 Å². The first-order chi connectivity index (χ1) is 16.0. The molecule has 0 radical (unpaired) electrons. The van der Waals surface area contributed by atoms with E-state index in [1.165, 1.54) is 12.0 Å². The van der Waals surface area contributed by atoms with Crippen LogP contribution in [0.25, 0.3) is 0 Å². The van der Waals surface area contributed by atoms with Crippen LogP contribution in [0.1, 0.15) is 11.3 Å².